The maximum Gasteiger partial charge on any atom is 0.132 e. The fourth-order valence-corrected chi connectivity index (χ4v) is 2.28. The molecule has 3 heteroatoms. The van der Waals surface area contributed by atoms with Crippen LogP contribution >= 0.6 is 0 Å². The second-order valence-electron chi connectivity index (χ2n) is 4.95. The summed E-state index contributed by atoms with van der Waals surface area (Å²) in [5, 5.41) is 10.2. The Bertz CT molecular complexity index is 554. The van der Waals surface area contributed by atoms with Crippen molar-refractivity contribution >= 4 is 0 Å². The molecule has 0 heterocycles. The van der Waals surface area contributed by atoms with Gasteiger partial charge in [-0.2, -0.15) is 0 Å². The lowest BCUT2D eigenvalue weighted by Gasteiger charge is -2.18. The van der Waals surface area contributed by atoms with Crippen molar-refractivity contribution in [3.8, 4) is 5.75 Å². The normalized spacial score (nSPS) is 13.8. The average Bonchev–Trinajstić information content (AvgIpc) is 2.47. The van der Waals surface area contributed by atoms with Crippen LogP contribution in [0.5, 0.6) is 5.75 Å². The van der Waals surface area contributed by atoms with Gasteiger partial charge in [-0.25, -0.2) is 4.39 Å². The zero-order valence-corrected chi connectivity index (χ0v) is 11.7. The summed E-state index contributed by atoms with van der Waals surface area (Å²) >= 11 is 0. The summed E-state index contributed by atoms with van der Waals surface area (Å²) < 4.78 is 18.9. The van der Waals surface area contributed by atoms with Crippen LogP contribution in [0.25, 0.3) is 0 Å². The average molecular weight is 274 g/mol. The molecule has 2 aromatic rings. The maximum atomic E-state index is 13.9. The van der Waals surface area contributed by atoms with Gasteiger partial charge in [0.25, 0.3) is 0 Å². The smallest absolute Gasteiger partial charge is 0.132 e. The molecule has 0 saturated carbocycles. The Morgan fingerprint density at radius 2 is 1.85 bits per heavy atom. The molecule has 0 aromatic heterocycles. The minimum Gasteiger partial charge on any atom is -0.497 e. The first-order valence-corrected chi connectivity index (χ1v) is 6.68. The molecule has 0 saturated heterocycles. The van der Waals surface area contributed by atoms with E-state index < -0.39 is 11.9 Å². The van der Waals surface area contributed by atoms with Crippen LogP contribution in [0.15, 0.2) is 48.5 Å². The van der Waals surface area contributed by atoms with Gasteiger partial charge in [-0.15, -0.1) is 0 Å². The Balaban J connectivity index is 2.10. The second kappa shape index (κ2) is 6.53. The second-order valence-corrected chi connectivity index (χ2v) is 4.95. The van der Waals surface area contributed by atoms with Crippen molar-refractivity contribution < 1.29 is 14.2 Å². The van der Waals surface area contributed by atoms with E-state index in [2.05, 4.69) is 0 Å². The van der Waals surface area contributed by atoms with Crippen LogP contribution in [0.3, 0.4) is 0 Å². The molecule has 0 amide bonds. The van der Waals surface area contributed by atoms with Crippen LogP contribution in [-0.4, -0.2) is 12.2 Å². The molecule has 20 heavy (non-hydrogen) atoms. The summed E-state index contributed by atoms with van der Waals surface area (Å²) in [6, 6.07) is 14.5. The molecule has 0 radical (unpaired) electrons. The van der Waals surface area contributed by atoms with E-state index in [1.165, 1.54) is 13.2 Å². The molecule has 2 unspecified atom stereocenters. The van der Waals surface area contributed by atoms with Gasteiger partial charge in [-0.1, -0.05) is 37.3 Å². The Morgan fingerprint density at radius 3 is 2.45 bits per heavy atom. The van der Waals surface area contributed by atoms with Crippen LogP contribution in [0.2, 0.25) is 0 Å². The highest BCUT2D eigenvalue weighted by molar-refractivity contribution is 5.30. The van der Waals surface area contributed by atoms with Gasteiger partial charge in [-0.3, -0.25) is 0 Å². The van der Waals surface area contributed by atoms with Gasteiger partial charge in [-0.05, 0) is 30.0 Å². The van der Waals surface area contributed by atoms with Crippen molar-refractivity contribution in [3.05, 3.63) is 65.5 Å². The van der Waals surface area contributed by atoms with Gasteiger partial charge in [0.05, 0.1) is 13.2 Å². The van der Waals surface area contributed by atoms with Gasteiger partial charge >= 0.3 is 0 Å². The molecule has 106 valence electrons. The standard InChI is InChI=1S/C17H19FO2/c1-12(13-6-4-3-5-7-13)10-17(19)15-9-8-14(20-2)11-16(15)18/h3-9,11-12,17,19H,10H2,1-2H3. The Hall–Kier alpha value is -1.87. The molecular formula is C17H19FO2. The van der Waals surface area contributed by atoms with Crippen molar-refractivity contribution in [3.63, 3.8) is 0 Å². The Labute approximate surface area is 118 Å². The van der Waals surface area contributed by atoms with Crippen LogP contribution in [-0.2, 0) is 0 Å². The fraction of sp³-hybridized carbons (Fsp3) is 0.294. The monoisotopic (exact) mass is 274 g/mol. The van der Waals surface area contributed by atoms with E-state index in [4.69, 9.17) is 4.74 Å². The zero-order chi connectivity index (χ0) is 14.5. The van der Waals surface area contributed by atoms with E-state index >= 15 is 0 Å². The number of ether oxygens (including phenoxy) is 1. The first-order valence-electron chi connectivity index (χ1n) is 6.68. The molecule has 0 aliphatic rings. The summed E-state index contributed by atoms with van der Waals surface area (Å²) in [7, 11) is 1.49. The molecule has 0 aliphatic carbocycles. The van der Waals surface area contributed by atoms with Gasteiger partial charge in [0.15, 0.2) is 0 Å². The third kappa shape index (κ3) is 3.36. The van der Waals surface area contributed by atoms with Crippen molar-refractivity contribution in [1.29, 1.82) is 0 Å². The number of methoxy groups -OCH3 is 1. The number of halogens is 1. The van der Waals surface area contributed by atoms with Gasteiger partial charge < -0.3 is 9.84 Å². The lowest BCUT2D eigenvalue weighted by atomic mass is 9.92. The van der Waals surface area contributed by atoms with Crippen LogP contribution in [0.4, 0.5) is 4.39 Å². The van der Waals surface area contributed by atoms with Crippen molar-refractivity contribution in [2.24, 2.45) is 0 Å². The topological polar surface area (TPSA) is 29.5 Å². The summed E-state index contributed by atoms with van der Waals surface area (Å²) in [5.74, 6) is 0.180. The van der Waals surface area contributed by atoms with Crippen LogP contribution in [0, 0.1) is 5.82 Å². The number of rotatable bonds is 5. The number of aliphatic hydroxyl groups is 1. The van der Waals surface area contributed by atoms with Gasteiger partial charge in [0.1, 0.15) is 11.6 Å². The first kappa shape index (κ1) is 14.5. The van der Waals surface area contributed by atoms with E-state index in [0.717, 1.165) is 5.56 Å². The largest absolute Gasteiger partial charge is 0.497 e. The lowest BCUT2D eigenvalue weighted by molar-refractivity contribution is 0.155. The van der Waals surface area contributed by atoms with Gasteiger partial charge in [0.2, 0.25) is 0 Å². The molecule has 0 spiro atoms. The van der Waals surface area contributed by atoms with Crippen LogP contribution < -0.4 is 4.74 Å². The molecule has 2 rings (SSSR count). The van der Waals surface area contributed by atoms with E-state index in [1.54, 1.807) is 12.1 Å². The summed E-state index contributed by atoms with van der Waals surface area (Å²) in [6.45, 7) is 2.03. The minimum atomic E-state index is -0.823. The number of hydrogen-bond acceptors (Lipinski definition) is 2. The molecule has 1 N–H and O–H groups in total. The molecule has 2 nitrogen and oxygen atoms in total. The van der Waals surface area contributed by atoms with E-state index in [1.807, 2.05) is 37.3 Å². The summed E-state index contributed by atoms with van der Waals surface area (Å²) in [5.41, 5.74) is 1.45. The van der Waals surface area contributed by atoms with E-state index in [-0.39, 0.29) is 5.92 Å². The zero-order valence-electron chi connectivity index (χ0n) is 11.7. The van der Waals surface area contributed by atoms with Crippen LogP contribution in [0.1, 0.15) is 36.5 Å². The third-order valence-electron chi connectivity index (χ3n) is 3.51. The maximum absolute atomic E-state index is 13.9. The third-order valence-corrected chi connectivity index (χ3v) is 3.51. The molecule has 2 aromatic carbocycles. The molecule has 0 fully saturated rings. The van der Waals surface area contributed by atoms with Crippen molar-refractivity contribution in [2.45, 2.75) is 25.4 Å². The lowest BCUT2D eigenvalue weighted by Crippen LogP contribution is -2.06. The van der Waals surface area contributed by atoms with Gasteiger partial charge in [0, 0.05) is 11.6 Å². The SMILES string of the molecule is COc1ccc(C(O)CC(C)c2ccccc2)c(F)c1. The highest BCUT2D eigenvalue weighted by atomic mass is 19.1. The van der Waals surface area contributed by atoms with E-state index in [9.17, 15) is 9.50 Å². The summed E-state index contributed by atoms with van der Waals surface area (Å²) in [4.78, 5) is 0. The molecule has 0 bridgehead atoms. The number of hydrogen-bond donors (Lipinski definition) is 1. The predicted molar refractivity (Wildman–Crippen MR) is 77.4 cm³/mol. The summed E-state index contributed by atoms with van der Waals surface area (Å²) in [6.07, 6.45) is -0.344. The number of benzene rings is 2. The molecular weight excluding hydrogens is 255 g/mol. The quantitative estimate of drug-likeness (QED) is 0.891. The van der Waals surface area contributed by atoms with Crippen molar-refractivity contribution in [2.75, 3.05) is 7.11 Å². The molecule has 2 atom stereocenters. The fourth-order valence-electron chi connectivity index (χ4n) is 2.28. The Morgan fingerprint density at radius 1 is 1.15 bits per heavy atom. The first-order chi connectivity index (χ1) is 9.61. The highest BCUT2D eigenvalue weighted by Crippen LogP contribution is 2.30. The highest BCUT2D eigenvalue weighted by Gasteiger charge is 2.17. The van der Waals surface area contributed by atoms with E-state index in [0.29, 0.717) is 17.7 Å². The minimum absolute atomic E-state index is 0.160. The molecule has 0 aliphatic heterocycles. The van der Waals surface area contributed by atoms with Crippen molar-refractivity contribution in [1.82, 2.24) is 0 Å². The Kier molecular flexibility index (Phi) is 4.74. The predicted octanol–water partition coefficient (Wildman–Crippen LogP) is 4.06. The number of aliphatic hydroxyl groups excluding tert-OH is 1.